The maximum Gasteiger partial charge on any atom is 0.144 e. The number of benzene rings is 2. The summed E-state index contributed by atoms with van der Waals surface area (Å²) < 4.78 is 5.67. The van der Waals surface area contributed by atoms with Crippen molar-refractivity contribution in [1.29, 1.82) is 5.26 Å². The van der Waals surface area contributed by atoms with Crippen molar-refractivity contribution < 1.29 is 9.84 Å². The van der Waals surface area contributed by atoms with E-state index in [0.29, 0.717) is 12.2 Å². The van der Waals surface area contributed by atoms with Crippen LogP contribution in [-0.2, 0) is 6.42 Å². The molecule has 0 spiro atoms. The van der Waals surface area contributed by atoms with Crippen molar-refractivity contribution in [3.8, 4) is 17.6 Å². The summed E-state index contributed by atoms with van der Waals surface area (Å²) >= 11 is 0. The molecule has 1 N–H and O–H groups in total. The summed E-state index contributed by atoms with van der Waals surface area (Å²) in [6.45, 7) is 0. The van der Waals surface area contributed by atoms with E-state index in [0.717, 1.165) is 11.3 Å². The average Bonchev–Trinajstić information content (AvgIpc) is 2.40. The second kappa shape index (κ2) is 5.85. The highest BCUT2D eigenvalue weighted by molar-refractivity contribution is 5.34. The van der Waals surface area contributed by atoms with E-state index in [1.807, 2.05) is 54.6 Å². The topological polar surface area (TPSA) is 53.2 Å². The largest absolute Gasteiger partial charge is 0.457 e. The number of hydrogen-bond acceptors (Lipinski definition) is 3. The molecule has 0 saturated heterocycles. The fraction of sp³-hybridized carbons (Fsp3) is 0.133. The molecule has 90 valence electrons. The third-order valence-corrected chi connectivity index (χ3v) is 2.46. The number of rotatable bonds is 4. The van der Waals surface area contributed by atoms with Crippen molar-refractivity contribution in [2.75, 3.05) is 0 Å². The fourth-order valence-corrected chi connectivity index (χ4v) is 1.63. The van der Waals surface area contributed by atoms with Gasteiger partial charge in [0.1, 0.15) is 17.6 Å². The molecule has 0 heterocycles. The molecular weight excluding hydrogens is 226 g/mol. The van der Waals surface area contributed by atoms with E-state index in [1.165, 1.54) is 0 Å². The van der Waals surface area contributed by atoms with Gasteiger partial charge in [-0.15, -0.1) is 0 Å². The van der Waals surface area contributed by atoms with Gasteiger partial charge in [0.15, 0.2) is 0 Å². The first-order chi connectivity index (χ1) is 8.78. The quantitative estimate of drug-likeness (QED) is 0.834. The monoisotopic (exact) mass is 239 g/mol. The second-order valence-corrected chi connectivity index (χ2v) is 3.91. The number of nitriles is 1. The summed E-state index contributed by atoms with van der Waals surface area (Å²) in [5, 5.41) is 17.9. The first-order valence-corrected chi connectivity index (χ1v) is 5.67. The Morgan fingerprint density at radius 1 is 1.06 bits per heavy atom. The van der Waals surface area contributed by atoms with Crippen molar-refractivity contribution in [3.05, 3.63) is 60.2 Å². The first kappa shape index (κ1) is 12.2. The van der Waals surface area contributed by atoms with Crippen LogP contribution in [0.4, 0.5) is 0 Å². The van der Waals surface area contributed by atoms with Crippen molar-refractivity contribution in [3.63, 3.8) is 0 Å². The molecular formula is C15H13NO2. The molecule has 1 unspecified atom stereocenters. The number of hydrogen-bond donors (Lipinski definition) is 1. The minimum absolute atomic E-state index is 0.308. The molecule has 0 aromatic heterocycles. The molecule has 0 amide bonds. The van der Waals surface area contributed by atoms with E-state index in [4.69, 9.17) is 10.00 Å². The zero-order chi connectivity index (χ0) is 12.8. The molecule has 0 fully saturated rings. The van der Waals surface area contributed by atoms with Gasteiger partial charge >= 0.3 is 0 Å². The molecule has 0 aliphatic carbocycles. The highest BCUT2D eigenvalue weighted by Crippen LogP contribution is 2.22. The minimum atomic E-state index is -0.975. The molecule has 0 bridgehead atoms. The lowest BCUT2D eigenvalue weighted by molar-refractivity contribution is 0.231. The first-order valence-electron chi connectivity index (χ1n) is 5.67. The van der Waals surface area contributed by atoms with Crippen molar-refractivity contribution in [2.24, 2.45) is 0 Å². The normalized spacial score (nSPS) is 11.6. The van der Waals surface area contributed by atoms with Crippen molar-refractivity contribution in [2.45, 2.75) is 12.5 Å². The zero-order valence-electron chi connectivity index (χ0n) is 9.78. The van der Waals surface area contributed by atoms with E-state index >= 15 is 0 Å². The Labute approximate surface area is 106 Å². The maximum atomic E-state index is 9.29. The standard InChI is InChI=1S/C15H13NO2/c16-11-13(17)9-12-5-4-8-15(10-12)18-14-6-2-1-3-7-14/h1-8,10,13,17H,9H2. The molecule has 0 aliphatic heterocycles. The van der Waals surface area contributed by atoms with E-state index in [2.05, 4.69) is 0 Å². The number of ether oxygens (including phenoxy) is 1. The third kappa shape index (κ3) is 3.34. The lowest BCUT2D eigenvalue weighted by Crippen LogP contribution is -2.06. The van der Waals surface area contributed by atoms with Gasteiger partial charge in [0.2, 0.25) is 0 Å². The van der Waals surface area contributed by atoms with Crippen LogP contribution < -0.4 is 4.74 Å². The SMILES string of the molecule is N#CC(O)Cc1cccc(Oc2ccccc2)c1. The smallest absolute Gasteiger partial charge is 0.144 e. The Bertz CT molecular complexity index is 546. The molecule has 2 rings (SSSR count). The summed E-state index contributed by atoms with van der Waals surface area (Å²) in [4.78, 5) is 0. The van der Waals surface area contributed by atoms with E-state index in [9.17, 15) is 5.11 Å². The van der Waals surface area contributed by atoms with E-state index in [-0.39, 0.29) is 0 Å². The van der Waals surface area contributed by atoms with Gasteiger partial charge in [-0.3, -0.25) is 0 Å². The van der Waals surface area contributed by atoms with Crippen LogP contribution in [0, 0.1) is 11.3 Å². The second-order valence-electron chi connectivity index (χ2n) is 3.91. The lowest BCUT2D eigenvalue weighted by Gasteiger charge is -2.08. The fourth-order valence-electron chi connectivity index (χ4n) is 1.63. The van der Waals surface area contributed by atoms with Gasteiger partial charge in [0, 0.05) is 6.42 Å². The van der Waals surface area contributed by atoms with Crippen LogP contribution in [0.1, 0.15) is 5.56 Å². The third-order valence-electron chi connectivity index (χ3n) is 2.46. The molecule has 18 heavy (non-hydrogen) atoms. The van der Waals surface area contributed by atoms with Crippen LogP contribution in [0.3, 0.4) is 0 Å². The van der Waals surface area contributed by atoms with E-state index < -0.39 is 6.10 Å². The van der Waals surface area contributed by atoms with Gasteiger partial charge in [-0.1, -0.05) is 30.3 Å². The van der Waals surface area contributed by atoms with Gasteiger partial charge in [-0.25, -0.2) is 0 Å². The Morgan fingerprint density at radius 3 is 2.50 bits per heavy atom. The van der Waals surface area contributed by atoms with E-state index in [1.54, 1.807) is 6.07 Å². The van der Waals surface area contributed by atoms with Gasteiger partial charge in [0.25, 0.3) is 0 Å². The van der Waals surface area contributed by atoms with Crippen molar-refractivity contribution >= 4 is 0 Å². The Hall–Kier alpha value is -2.31. The summed E-state index contributed by atoms with van der Waals surface area (Å²) in [6, 6.07) is 18.6. The summed E-state index contributed by atoms with van der Waals surface area (Å²) in [6.07, 6.45) is -0.667. The number of para-hydroxylation sites is 1. The van der Waals surface area contributed by atoms with Gasteiger partial charge in [-0.05, 0) is 29.8 Å². The molecule has 0 saturated carbocycles. The van der Waals surface area contributed by atoms with Gasteiger partial charge in [-0.2, -0.15) is 5.26 Å². The van der Waals surface area contributed by atoms with Crippen LogP contribution >= 0.6 is 0 Å². The highest BCUT2D eigenvalue weighted by Gasteiger charge is 2.04. The average molecular weight is 239 g/mol. The summed E-state index contributed by atoms with van der Waals surface area (Å²) in [5.41, 5.74) is 0.873. The Morgan fingerprint density at radius 2 is 1.78 bits per heavy atom. The van der Waals surface area contributed by atoms with Crippen LogP contribution in [0.15, 0.2) is 54.6 Å². The van der Waals surface area contributed by atoms with Crippen molar-refractivity contribution in [1.82, 2.24) is 0 Å². The molecule has 0 radical (unpaired) electrons. The predicted octanol–water partition coefficient (Wildman–Crippen LogP) is 2.91. The Kier molecular flexibility index (Phi) is 3.95. The molecule has 2 aromatic rings. The lowest BCUT2D eigenvalue weighted by atomic mass is 10.1. The van der Waals surface area contributed by atoms with Crippen LogP contribution in [0.2, 0.25) is 0 Å². The Balaban J connectivity index is 2.11. The molecule has 1 atom stereocenters. The summed E-state index contributed by atoms with van der Waals surface area (Å²) in [5.74, 6) is 1.46. The summed E-state index contributed by atoms with van der Waals surface area (Å²) in [7, 11) is 0. The van der Waals surface area contributed by atoms with Crippen LogP contribution in [0.25, 0.3) is 0 Å². The zero-order valence-corrected chi connectivity index (χ0v) is 9.78. The predicted molar refractivity (Wildman–Crippen MR) is 68.3 cm³/mol. The number of aliphatic hydroxyl groups excluding tert-OH is 1. The highest BCUT2D eigenvalue weighted by atomic mass is 16.5. The number of nitrogens with zero attached hydrogens (tertiary/aromatic N) is 1. The maximum absolute atomic E-state index is 9.29. The van der Waals surface area contributed by atoms with Crippen LogP contribution in [0.5, 0.6) is 11.5 Å². The van der Waals surface area contributed by atoms with Crippen LogP contribution in [-0.4, -0.2) is 11.2 Å². The number of aliphatic hydroxyl groups is 1. The molecule has 2 aromatic carbocycles. The molecule has 0 aliphatic rings. The molecule has 3 nitrogen and oxygen atoms in total. The minimum Gasteiger partial charge on any atom is -0.457 e. The van der Waals surface area contributed by atoms with Gasteiger partial charge < -0.3 is 9.84 Å². The van der Waals surface area contributed by atoms with Gasteiger partial charge in [0.05, 0.1) is 6.07 Å². The molecule has 3 heteroatoms.